The predicted molar refractivity (Wildman–Crippen MR) is 165 cm³/mol. The van der Waals surface area contributed by atoms with Gasteiger partial charge in [0.05, 0.1) is 17.7 Å². The van der Waals surface area contributed by atoms with Crippen molar-refractivity contribution in [3.05, 3.63) is 23.9 Å². The second-order valence-corrected chi connectivity index (χ2v) is 15.9. The van der Waals surface area contributed by atoms with Crippen molar-refractivity contribution in [2.45, 2.75) is 149 Å². The molecule has 5 aliphatic carbocycles. The maximum atomic E-state index is 7.25. The van der Waals surface area contributed by atoms with Crippen LogP contribution >= 0.6 is 0 Å². The van der Waals surface area contributed by atoms with Gasteiger partial charge in [-0.25, -0.2) is 0 Å². The van der Waals surface area contributed by atoms with Gasteiger partial charge in [-0.05, 0) is 129 Å². The van der Waals surface area contributed by atoms with Gasteiger partial charge in [0, 0.05) is 5.70 Å². The molecule has 0 spiro atoms. The van der Waals surface area contributed by atoms with E-state index in [9.17, 15) is 0 Å². The van der Waals surface area contributed by atoms with Gasteiger partial charge in [-0.2, -0.15) is 0 Å². The number of ether oxygens (including phenoxy) is 1. The maximum Gasteiger partial charge on any atom is 0.0795 e. The van der Waals surface area contributed by atoms with Crippen molar-refractivity contribution in [3.8, 4) is 0 Å². The molecule has 0 bridgehead atoms. The number of allylic oxidation sites excluding steroid dienone is 1. The summed E-state index contributed by atoms with van der Waals surface area (Å²) in [6.45, 7) is 15.0. The SMILES string of the molecule is CCC(OC1CCCC2CC[C@@H]3[C@H](CC[C@]4(C)[C@@H]([C@H](C)CCCC(C)C)CC[C@@H]34)[C@]21C)C1(N)C=C(N)C=CC1. The van der Waals surface area contributed by atoms with Gasteiger partial charge in [-0.1, -0.05) is 73.3 Å². The van der Waals surface area contributed by atoms with Crippen molar-refractivity contribution in [3.63, 3.8) is 0 Å². The fraction of sp³-hybridized carbons (Fsp3) is 0.889. The number of hydrogen-bond donors (Lipinski definition) is 2. The van der Waals surface area contributed by atoms with Gasteiger partial charge < -0.3 is 16.2 Å². The molecule has 0 heterocycles. The minimum atomic E-state index is -0.486. The summed E-state index contributed by atoms with van der Waals surface area (Å²) in [5.74, 6) is 6.08. The third kappa shape index (κ3) is 5.31. The van der Waals surface area contributed by atoms with Crippen molar-refractivity contribution >= 4 is 0 Å². The number of rotatable bonds is 9. The predicted octanol–water partition coefficient (Wildman–Crippen LogP) is 8.77. The second-order valence-electron chi connectivity index (χ2n) is 15.9. The summed E-state index contributed by atoms with van der Waals surface area (Å²) in [5.41, 5.74) is 14.4. The molecule has 222 valence electrons. The molecule has 11 atom stereocenters. The molecule has 5 aliphatic rings. The number of hydrogen-bond acceptors (Lipinski definition) is 3. The molecule has 4 N–H and O–H groups in total. The second kappa shape index (κ2) is 11.5. The molecule has 0 saturated heterocycles. The first-order valence-corrected chi connectivity index (χ1v) is 17.1. The Bertz CT molecular complexity index is 910. The Morgan fingerprint density at radius 1 is 0.974 bits per heavy atom. The Kier molecular flexibility index (Phi) is 8.73. The summed E-state index contributed by atoms with van der Waals surface area (Å²) in [4.78, 5) is 0. The topological polar surface area (TPSA) is 61.3 Å². The molecule has 4 saturated carbocycles. The molecule has 3 nitrogen and oxygen atoms in total. The molecule has 0 aromatic rings. The summed E-state index contributed by atoms with van der Waals surface area (Å²) >= 11 is 0. The summed E-state index contributed by atoms with van der Waals surface area (Å²) in [7, 11) is 0. The molecular weight excluding hydrogens is 476 g/mol. The van der Waals surface area contributed by atoms with E-state index >= 15 is 0 Å². The molecule has 0 amide bonds. The van der Waals surface area contributed by atoms with Crippen molar-refractivity contribution < 1.29 is 4.74 Å². The van der Waals surface area contributed by atoms with Gasteiger partial charge in [-0.3, -0.25) is 0 Å². The van der Waals surface area contributed by atoms with Crippen molar-refractivity contribution in [2.24, 2.45) is 63.7 Å². The van der Waals surface area contributed by atoms with Crippen LogP contribution in [0, 0.1) is 52.3 Å². The van der Waals surface area contributed by atoms with E-state index in [1.165, 1.54) is 77.0 Å². The Morgan fingerprint density at radius 3 is 2.49 bits per heavy atom. The third-order valence-electron chi connectivity index (χ3n) is 13.4. The summed E-state index contributed by atoms with van der Waals surface area (Å²) < 4.78 is 7.25. The lowest BCUT2D eigenvalue weighted by Crippen LogP contribution is -2.60. The zero-order chi connectivity index (χ0) is 28.0. The monoisotopic (exact) mass is 538 g/mol. The van der Waals surface area contributed by atoms with Crippen LogP contribution in [0.25, 0.3) is 0 Å². The highest BCUT2D eigenvalue weighted by Gasteiger charge is 2.62. The minimum absolute atomic E-state index is 0.0263. The fourth-order valence-electron chi connectivity index (χ4n) is 11.4. The van der Waals surface area contributed by atoms with Gasteiger partial charge >= 0.3 is 0 Å². The molecule has 4 fully saturated rings. The molecule has 0 radical (unpaired) electrons. The minimum Gasteiger partial charge on any atom is -0.399 e. The Hall–Kier alpha value is -0.800. The van der Waals surface area contributed by atoms with Crippen molar-refractivity contribution in [2.75, 3.05) is 0 Å². The van der Waals surface area contributed by atoms with Crippen LogP contribution in [0.15, 0.2) is 23.9 Å². The number of nitrogens with two attached hydrogens (primary N) is 2. The van der Waals surface area contributed by atoms with Crippen LogP contribution in [0.5, 0.6) is 0 Å². The summed E-state index contributed by atoms with van der Waals surface area (Å²) in [6.07, 6.45) is 25.2. The van der Waals surface area contributed by atoms with Crippen molar-refractivity contribution in [1.82, 2.24) is 0 Å². The van der Waals surface area contributed by atoms with E-state index in [0.29, 0.717) is 11.5 Å². The van der Waals surface area contributed by atoms with Crippen LogP contribution in [0.2, 0.25) is 0 Å². The first-order chi connectivity index (χ1) is 18.5. The largest absolute Gasteiger partial charge is 0.399 e. The first kappa shape index (κ1) is 29.7. The quantitative estimate of drug-likeness (QED) is 0.308. The first-order valence-electron chi connectivity index (χ1n) is 17.1. The summed E-state index contributed by atoms with van der Waals surface area (Å²) in [6, 6.07) is 0. The molecule has 0 aromatic carbocycles. The number of fused-ring (bicyclic) bond motifs is 5. The molecule has 4 unspecified atom stereocenters. The van der Waals surface area contributed by atoms with E-state index < -0.39 is 5.54 Å². The van der Waals surface area contributed by atoms with Gasteiger partial charge in [-0.15, -0.1) is 0 Å². The van der Waals surface area contributed by atoms with Gasteiger partial charge in [0.15, 0.2) is 0 Å². The standard InChI is InChI=1S/C36H62N2O/c1-7-32(36(38)21-10-14-27(37)23-36)39-33-15-9-13-26-16-17-28-30-19-18-29(25(4)12-8-11-24(2)3)34(30,5)22-20-31(28)35(26,33)6/h10,14,23-26,28-33H,7-9,11-13,15-22,37-38H2,1-6H3/t25-,26?,28+,29-,30+,31+,32?,33?,34-,35+,36?/m1/s1. The maximum absolute atomic E-state index is 7.25. The van der Waals surface area contributed by atoms with E-state index in [-0.39, 0.29) is 11.5 Å². The lowest BCUT2D eigenvalue weighted by molar-refractivity contribution is -0.201. The highest BCUT2D eigenvalue weighted by atomic mass is 16.5. The molecule has 0 aromatic heterocycles. The molecule has 0 aliphatic heterocycles. The van der Waals surface area contributed by atoms with Crippen LogP contribution < -0.4 is 11.5 Å². The van der Waals surface area contributed by atoms with E-state index in [1.807, 2.05) is 6.08 Å². The van der Waals surface area contributed by atoms with Crippen LogP contribution in [-0.4, -0.2) is 17.7 Å². The van der Waals surface area contributed by atoms with E-state index in [2.05, 4.69) is 53.7 Å². The van der Waals surface area contributed by atoms with E-state index in [1.54, 1.807) is 0 Å². The fourth-order valence-corrected chi connectivity index (χ4v) is 11.4. The average molecular weight is 539 g/mol. The van der Waals surface area contributed by atoms with Gasteiger partial charge in [0.25, 0.3) is 0 Å². The molecule has 3 heteroatoms. The Morgan fingerprint density at radius 2 is 1.77 bits per heavy atom. The van der Waals surface area contributed by atoms with Crippen LogP contribution in [0.3, 0.4) is 0 Å². The van der Waals surface area contributed by atoms with Crippen molar-refractivity contribution in [1.29, 1.82) is 0 Å². The average Bonchev–Trinajstić information content (AvgIpc) is 3.24. The molecular formula is C36H62N2O. The van der Waals surface area contributed by atoms with Crippen LogP contribution in [-0.2, 0) is 4.74 Å². The van der Waals surface area contributed by atoms with E-state index in [4.69, 9.17) is 16.2 Å². The smallest absolute Gasteiger partial charge is 0.0795 e. The normalized spacial score (nSPS) is 45.3. The molecule has 39 heavy (non-hydrogen) atoms. The highest BCUT2D eigenvalue weighted by Crippen LogP contribution is 2.68. The third-order valence-corrected chi connectivity index (χ3v) is 13.4. The van der Waals surface area contributed by atoms with E-state index in [0.717, 1.165) is 60.0 Å². The Labute approximate surface area is 241 Å². The highest BCUT2D eigenvalue weighted by molar-refractivity contribution is 5.29. The van der Waals surface area contributed by atoms with Crippen LogP contribution in [0.1, 0.15) is 131 Å². The lowest BCUT2D eigenvalue weighted by Gasteiger charge is -2.63. The lowest BCUT2D eigenvalue weighted by atomic mass is 9.44. The Balaban J connectivity index is 1.34. The van der Waals surface area contributed by atoms with Gasteiger partial charge in [0.2, 0.25) is 0 Å². The zero-order valence-electron chi connectivity index (χ0n) is 26.4. The molecule has 5 rings (SSSR count). The summed E-state index contributed by atoms with van der Waals surface area (Å²) in [5, 5.41) is 0. The zero-order valence-corrected chi connectivity index (χ0v) is 26.4. The van der Waals surface area contributed by atoms with Crippen LogP contribution in [0.4, 0.5) is 0 Å². The van der Waals surface area contributed by atoms with Gasteiger partial charge in [0.1, 0.15) is 0 Å².